The number of aliphatic imine (C=N–C) groups is 1. The van der Waals surface area contributed by atoms with Crippen molar-refractivity contribution >= 4 is 23.1 Å². The second-order valence-corrected chi connectivity index (χ2v) is 5.76. The first-order valence-corrected chi connectivity index (χ1v) is 8.05. The van der Waals surface area contributed by atoms with Gasteiger partial charge in [0.15, 0.2) is 0 Å². The van der Waals surface area contributed by atoms with Crippen LogP contribution in [-0.4, -0.2) is 21.6 Å². The quantitative estimate of drug-likeness (QED) is 0.720. The van der Waals surface area contributed by atoms with Crippen LogP contribution in [0.1, 0.15) is 24.2 Å². The van der Waals surface area contributed by atoms with Gasteiger partial charge in [0.1, 0.15) is 11.9 Å². The zero-order valence-electron chi connectivity index (χ0n) is 13.7. The fourth-order valence-corrected chi connectivity index (χ4v) is 2.99. The van der Waals surface area contributed by atoms with E-state index >= 15 is 0 Å². The summed E-state index contributed by atoms with van der Waals surface area (Å²) >= 11 is 0. The Hall–Kier alpha value is -3.34. The van der Waals surface area contributed by atoms with Crippen LogP contribution in [0.15, 0.2) is 78.0 Å². The van der Waals surface area contributed by atoms with Gasteiger partial charge in [-0.1, -0.05) is 30.3 Å². The number of carbonyl (C=O) groups excluding carboxylic acids is 1. The van der Waals surface area contributed by atoms with Gasteiger partial charge >= 0.3 is 0 Å². The van der Waals surface area contributed by atoms with Crippen molar-refractivity contribution in [2.45, 2.75) is 13.0 Å². The average molecular weight is 328 g/mol. The molecule has 25 heavy (non-hydrogen) atoms. The first-order valence-electron chi connectivity index (χ1n) is 8.05. The monoisotopic (exact) mass is 328 g/mol. The number of fused-ring (bicyclic) bond motifs is 1. The fraction of sp³-hybridized carbons (Fsp3) is 0.100. The maximum absolute atomic E-state index is 13.0. The highest BCUT2D eigenvalue weighted by atomic mass is 16.2. The Morgan fingerprint density at radius 2 is 1.60 bits per heavy atom. The van der Waals surface area contributed by atoms with E-state index in [9.17, 15) is 4.79 Å². The van der Waals surface area contributed by atoms with Gasteiger partial charge in [0.25, 0.3) is 5.91 Å². The number of aromatic nitrogens is 2. The normalized spacial score (nSPS) is 16.8. The lowest BCUT2D eigenvalue weighted by Crippen LogP contribution is -2.31. The second-order valence-electron chi connectivity index (χ2n) is 5.76. The Bertz CT molecular complexity index is 938. The highest BCUT2D eigenvalue weighted by Gasteiger charge is 2.31. The molecular weight excluding hydrogens is 312 g/mol. The van der Waals surface area contributed by atoms with Crippen LogP contribution >= 0.6 is 0 Å². The Morgan fingerprint density at radius 3 is 2.32 bits per heavy atom. The molecule has 0 radical (unpaired) electrons. The predicted molar refractivity (Wildman–Crippen MR) is 97.0 cm³/mol. The molecular formula is C20H16N4O. The lowest BCUT2D eigenvalue weighted by molar-refractivity contribution is -0.111. The molecule has 0 spiro atoms. The number of amides is 1. The van der Waals surface area contributed by atoms with Crippen molar-refractivity contribution < 1.29 is 4.79 Å². The lowest BCUT2D eigenvalue weighted by atomic mass is 10.0. The van der Waals surface area contributed by atoms with E-state index in [-0.39, 0.29) is 11.9 Å². The fourth-order valence-electron chi connectivity index (χ4n) is 2.99. The molecule has 5 heteroatoms. The molecule has 0 aliphatic carbocycles. The van der Waals surface area contributed by atoms with Gasteiger partial charge in [-0.3, -0.25) is 19.7 Å². The van der Waals surface area contributed by atoms with Crippen LogP contribution in [-0.2, 0) is 4.79 Å². The molecule has 1 aliphatic heterocycles. The van der Waals surface area contributed by atoms with Gasteiger partial charge in [0.05, 0.1) is 17.1 Å². The van der Waals surface area contributed by atoms with Crippen molar-refractivity contribution in [3.05, 3.63) is 84.3 Å². The van der Waals surface area contributed by atoms with Crippen LogP contribution in [0.2, 0.25) is 0 Å². The SMILES string of the molecule is CC1=NC(c2ccccn2)c2ccccc2N(c2ccccn2)C1=O. The maximum atomic E-state index is 13.0. The maximum Gasteiger partial charge on any atom is 0.277 e. The van der Waals surface area contributed by atoms with Gasteiger partial charge in [0, 0.05) is 18.0 Å². The number of rotatable bonds is 2. The topological polar surface area (TPSA) is 58.5 Å². The molecule has 0 bridgehead atoms. The third-order valence-corrected chi connectivity index (χ3v) is 4.15. The van der Waals surface area contributed by atoms with E-state index < -0.39 is 0 Å². The number of nitrogens with zero attached hydrogens (tertiary/aromatic N) is 4. The van der Waals surface area contributed by atoms with Gasteiger partial charge < -0.3 is 0 Å². The second kappa shape index (κ2) is 6.28. The van der Waals surface area contributed by atoms with E-state index in [0.717, 1.165) is 16.9 Å². The molecule has 0 fully saturated rings. The molecule has 1 unspecified atom stereocenters. The van der Waals surface area contributed by atoms with Gasteiger partial charge in [-0.2, -0.15) is 0 Å². The van der Waals surface area contributed by atoms with Crippen LogP contribution in [0.5, 0.6) is 0 Å². The lowest BCUT2D eigenvalue weighted by Gasteiger charge is -2.23. The van der Waals surface area contributed by atoms with E-state index in [1.165, 1.54) is 0 Å². The Morgan fingerprint density at radius 1 is 0.880 bits per heavy atom. The molecule has 122 valence electrons. The first kappa shape index (κ1) is 15.2. The summed E-state index contributed by atoms with van der Waals surface area (Å²) in [5.41, 5.74) is 2.95. The molecule has 1 aliphatic rings. The molecule has 3 aromatic rings. The highest BCUT2D eigenvalue weighted by molar-refractivity contribution is 6.44. The third-order valence-electron chi connectivity index (χ3n) is 4.15. The van der Waals surface area contributed by atoms with Crippen LogP contribution in [0.3, 0.4) is 0 Å². The van der Waals surface area contributed by atoms with Gasteiger partial charge in [-0.05, 0) is 37.3 Å². The van der Waals surface area contributed by atoms with Crippen LogP contribution in [0.25, 0.3) is 0 Å². The zero-order valence-corrected chi connectivity index (χ0v) is 13.7. The predicted octanol–water partition coefficient (Wildman–Crippen LogP) is 3.71. The van der Waals surface area contributed by atoms with Crippen molar-refractivity contribution in [3.63, 3.8) is 0 Å². The molecule has 4 rings (SSSR count). The molecule has 3 heterocycles. The molecule has 5 nitrogen and oxygen atoms in total. The van der Waals surface area contributed by atoms with E-state index in [1.807, 2.05) is 60.7 Å². The number of hydrogen-bond acceptors (Lipinski definition) is 4. The summed E-state index contributed by atoms with van der Waals surface area (Å²) in [5.74, 6) is 0.403. The summed E-state index contributed by atoms with van der Waals surface area (Å²) in [5, 5.41) is 0. The number of para-hydroxylation sites is 1. The molecule has 0 saturated heterocycles. The summed E-state index contributed by atoms with van der Waals surface area (Å²) < 4.78 is 0. The molecule has 0 saturated carbocycles. The first-order chi connectivity index (χ1) is 12.3. The number of benzene rings is 1. The Labute approximate surface area is 145 Å². The van der Waals surface area contributed by atoms with Crippen molar-refractivity contribution in [2.75, 3.05) is 4.90 Å². The molecule has 0 N–H and O–H groups in total. The van der Waals surface area contributed by atoms with Gasteiger partial charge in [-0.15, -0.1) is 0 Å². The third kappa shape index (κ3) is 2.70. The van der Waals surface area contributed by atoms with Crippen LogP contribution < -0.4 is 4.90 Å². The van der Waals surface area contributed by atoms with E-state index in [2.05, 4.69) is 15.0 Å². The van der Waals surface area contributed by atoms with E-state index in [4.69, 9.17) is 0 Å². The smallest absolute Gasteiger partial charge is 0.270 e. The molecule has 1 amide bonds. The van der Waals surface area contributed by atoms with Crippen molar-refractivity contribution in [1.82, 2.24) is 9.97 Å². The summed E-state index contributed by atoms with van der Waals surface area (Å²) in [4.78, 5) is 28.1. The van der Waals surface area contributed by atoms with E-state index in [1.54, 1.807) is 24.2 Å². The Balaban J connectivity index is 1.95. The molecule has 1 atom stereocenters. The van der Waals surface area contributed by atoms with Crippen molar-refractivity contribution in [1.29, 1.82) is 0 Å². The number of anilines is 2. The highest BCUT2D eigenvalue weighted by Crippen LogP contribution is 2.38. The Kier molecular flexibility index (Phi) is 3.82. The molecule has 1 aromatic carbocycles. The van der Waals surface area contributed by atoms with Gasteiger partial charge in [-0.25, -0.2) is 4.98 Å². The number of carbonyl (C=O) groups is 1. The summed E-state index contributed by atoms with van der Waals surface area (Å²) in [6.07, 6.45) is 3.42. The number of hydrogen-bond donors (Lipinski definition) is 0. The van der Waals surface area contributed by atoms with Gasteiger partial charge in [0.2, 0.25) is 0 Å². The largest absolute Gasteiger partial charge is 0.277 e. The van der Waals surface area contributed by atoms with Crippen molar-refractivity contribution in [3.8, 4) is 0 Å². The minimum Gasteiger partial charge on any atom is -0.270 e. The molecule has 2 aromatic heterocycles. The number of pyridine rings is 2. The summed E-state index contributed by atoms with van der Waals surface area (Å²) in [7, 11) is 0. The zero-order chi connectivity index (χ0) is 17.2. The average Bonchev–Trinajstić information content (AvgIpc) is 2.78. The standard InChI is InChI=1S/C20H16N4O/c1-14-20(25)24(18-11-5-7-13-22-18)17-10-3-2-8-15(17)19(23-14)16-9-4-6-12-21-16/h2-13,19H,1H3. The van der Waals surface area contributed by atoms with Crippen molar-refractivity contribution in [2.24, 2.45) is 4.99 Å². The minimum atomic E-state index is -0.324. The van der Waals surface area contributed by atoms with Crippen LogP contribution in [0, 0.1) is 0 Å². The summed E-state index contributed by atoms with van der Waals surface area (Å²) in [6, 6.07) is 18.7. The minimum absolute atomic E-state index is 0.176. The van der Waals surface area contributed by atoms with Crippen LogP contribution in [0.4, 0.5) is 11.5 Å². The summed E-state index contributed by atoms with van der Waals surface area (Å²) in [6.45, 7) is 1.74. The van der Waals surface area contributed by atoms with E-state index in [0.29, 0.717) is 11.5 Å².